The van der Waals surface area contributed by atoms with Gasteiger partial charge in [-0.05, 0) is 19.9 Å². The number of nitrogens with zero attached hydrogens (tertiary/aromatic N) is 2. The van der Waals surface area contributed by atoms with E-state index in [0.717, 1.165) is 5.69 Å². The SMILES string of the molecule is COC(C)CNc1nc(C)ccc1[N+](=O)[O-]. The van der Waals surface area contributed by atoms with E-state index in [2.05, 4.69) is 10.3 Å². The van der Waals surface area contributed by atoms with Crippen molar-refractivity contribution in [1.29, 1.82) is 0 Å². The Labute approximate surface area is 93.8 Å². The normalized spacial score (nSPS) is 12.2. The molecule has 0 saturated carbocycles. The van der Waals surface area contributed by atoms with Gasteiger partial charge in [0, 0.05) is 25.4 Å². The van der Waals surface area contributed by atoms with Crippen molar-refractivity contribution in [2.24, 2.45) is 0 Å². The van der Waals surface area contributed by atoms with E-state index in [-0.39, 0.29) is 17.6 Å². The first-order valence-electron chi connectivity index (χ1n) is 4.93. The molecule has 1 aromatic heterocycles. The third kappa shape index (κ3) is 3.16. The second kappa shape index (κ2) is 5.41. The van der Waals surface area contributed by atoms with Crippen molar-refractivity contribution < 1.29 is 9.66 Å². The number of pyridine rings is 1. The van der Waals surface area contributed by atoms with Gasteiger partial charge in [-0.2, -0.15) is 0 Å². The summed E-state index contributed by atoms with van der Waals surface area (Å²) in [5.74, 6) is 0.286. The van der Waals surface area contributed by atoms with Crippen molar-refractivity contribution in [2.45, 2.75) is 20.0 Å². The van der Waals surface area contributed by atoms with E-state index in [1.165, 1.54) is 6.07 Å². The Hall–Kier alpha value is -1.69. The Bertz CT molecular complexity index is 382. The predicted molar refractivity (Wildman–Crippen MR) is 60.6 cm³/mol. The fourth-order valence-corrected chi connectivity index (χ4v) is 1.15. The highest BCUT2D eigenvalue weighted by Gasteiger charge is 2.15. The molecule has 6 heteroatoms. The molecule has 0 radical (unpaired) electrons. The Balaban J connectivity index is 2.84. The molecule has 1 rings (SSSR count). The van der Waals surface area contributed by atoms with Crippen LogP contribution in [0.1, 0.15) is 12.6 Å². The van der Waals surface area contributed by atoms with Gasteiger partial charge in [0.2, 0.25) is 5.82 Å². The van der Waals surface area contributed by atoms with E-state index >= 15 is 0 Å². The Kier molecular flexibility index (Phi) is 4.19. The summed E-state index contributed by atoms with van der Waals surface area (Å²) in [6.45, 7) is 4.14. The Morgan fingerprint density at radius 2 is 2.31 bits per heavy atom. The van der Waals surface area contributed by atoms with Gasteiger partial charge in [0.1, 0.15) is 0 Å². The molecule has 88 valence electrons. The first kappa shape index (κ1) is 12.4. The molecule has 0 saturated heterocycles. The molecule has 1 heterocycles. The van der Waals surface area contributed by atoms with Crippen LogP contribution in [0.4, 0.5) is 11.5 Å². The van der Waals surface area contributed by atoms with Gasteiger partial charge in [0.15, 0.2) is 0 Å². The van der Waals surface area contributed by atoms with E-state index in [9.17, 15) is 10.1 Å². The van der Waals surface area contributed by atoms with Crippen LogP contribution in [-0.2, 0) is 4.74 Å². The summed E-state index contributed by atoms with van der Waals surface area (Å²) in [5, 5.41) is 13.6. The van der Waals surface area contributed by atoms with Crippen molar-refractivity contribution in [3.8, 4) is 0 Å². The highest BCUT2D eigenvalue weighted by Crippen LogP contribution is 2.21. The number of methoxy groups -OCH3 is 1. The molecule has 1 aromatic rings. The van der Waals surface area contributed by atoms with Gasteiger partial charge in [0.05, 0.1) is 11.0 Å². The molecule has 0 aliphatic rings. The lowest BCUT2D eigenvalue weighted by Crippen LogP contribution is -2.19. The maximum Gasteiger partial charge on any atom is 0.311 e. The van der Waals surface area contributed by atoms with Crippen LogP contribution in [0.2, 0.25) is 0 Å². The van der Waals surface area contributed by atoms with Gasteiger partial charge < -0.3 is 10.1 Å². The average molecular weight is 225 g/mol. The first-order valence-corrected chi connectivity index (χ1v) is 4.93. The van der Waals surface area contributed by atoms with E-state index in [4.69, 9.17) is 4.74 Å². The maximum atomic E-state index is 10.7. The van der Waals surface area contributed by atoms with Gasteiger partial charge in [-0.25, -0.2) is 4.98 Å². The van der Waals surface area contributed by atoms with Crippen molar-refractivity contribution in [2.75, 3.05) is 19.0 Å². The minimum Gasteiger partial charge on any atom is -0.380 e. The monoisotopic (exact) mass is 225 g/mol. The molecular weight excluding hydrogens is 210 g/mol. The average Bonchev–Trinajstić information content (AvgIpc) is 2.25. The summed E-state index contributed by atoms with van der Waals surface area (Å²) in [6, 6.07) is 3.06. The summed E-state index contributed by atoms with van der Waals surface area (Å²) in [7, 11) is 1.59. The van der Waals surface area contributed by atoms with Gasteiger partial charge in [-0.15, -0.1) is 0 Å². The highest BCUT2D eigenvalue weighted by molar-refractivity contribution is 5.56. The molecule has 0 aliphatic carbocycles. The highest BCUT2D eigenvalue weighted by atomic mass is 16.6. The third-order valence-electron chi connectivity index (χ3n) is 2.17. The summed E-state index contributed by atoms with van der Waals surface area (Å²) in [5.41, 5.74) is 0.715. The van der Waals surface area contributed by atoms with Crippen LogP contribution in [0.3, 0.4) is 0 Å². The maximum absolute atomic E-state index is 10.7. The number of anilines is 1. The van der Waals surface area contributed by atoms with Crippen LogP contribution in [0.25, 0.3) is 0 Å². The molecule has 0 aliphatic heterocycles. The number of aromatic nitrogens is 1. The van der Waals surface area contributed by atoms with Crippen LogP contribution in [0.5, 0.6) is 0 Å². The lowest BCUT2D eigenvalue weighted by molar-refractivity contribution is -0.384. The lowest BCUT2D eigenvalue weighted by atomic mass is 10.3. The number of ether oxygens (including phenoxy) is 1. The lowest BCUT2D eigenvalue weighted by Gasteiger charge is -2.11. The summed E-state index contributed by atoms with van der Waals surface area (Å²) in [6.07, 6.45) is -0.0260. The van der Waals surface area contributed by atoms with E-state index in [1.807, 2.05) is 6.92 Å². The van der Waals surface area contributed by atoms with Gasteiger partial charge in [0.25, 0.3) is 0 Å². The van der Waals surface area contributed by atoms with E-state index < -0.39 is 4.92 Å². The number of nitrogens with one attached hydrogen (secondary N) is 1. The van der Waals surface area contributed by atoms with E-state index in [0.29, 0.717) is 6.54 Å². The van der Waals surface area contributed by atoms with Gasteiger partial charge in [-0.3, -0.25) is 10.1 Å². The molecule has 1 N–H and O–H groups in total. The number of hydrogen-bond acceptors (Lipinski definition) is 5. The fraction of sp³-hybridized carbons (Fsp3) is 0.500. The Morgan fingerprint density at radius 1 is 1.62 bits per heavy atom. The fourth-order valence-electron chi connectivity index (χ4n) is 1.15. The molecule has 0 fully saturated rings. The van der Waals surface area contributed by atoms with E-state index in [1.54, 1.807) is 20.1 Å². The minimum absolute atomic E-state index is 0.0195. The molecule has 1 atom stereocenters. The number of aryl methyl sites for hydroxylation is 1. The Morgan fingerprint density at radius 3 is 2.88 bits per heavy atom. The topological polar surface area (TPSA) is 77.3 Å². The number of nitro groups is 1. The molecule has 1 unspecified atom stereocenters. The molecule has 0 bridgehead atoms. The van der Waals surface area contributed by atoms with Gasteiger partial charge in [-0.1, -0.05) is 0 Å². The van der Waals surface area contributed by atoms with Crippen molar-refractivity contribution >= 4 is 11.5 Å². The van der Waals surface area contributed by atoms with Crippen LogP contribution in [-0.4, -0.2) is 29.7 Å². The van der Waals surface area contributed by atoms with Crippen molar-refractivity contribution in [3.05, 3.63) is 27.9 Å². The second-order valence-electron chi connectivity index (χ2n) is 3.50. The number of rotatable bonds is 5. The zero-order valence-electron chi connectivity index (χ0n) is 9.56. The van der Waals surface area contributed by atoms with Crippen LogP contribution < -0.4 is 5.32 Å². The number of hydrogen-bond donors (Lipinski definition) is 1. The van der Waals surface area contributed by atoms with Crippen molar-refractivity contribution in [3.63, 3.8) is 0 Å². The zero-order valence-corrected chi connectivity index (χ0v) is 9.56. The van der Waals surface area contributed by atoms with Crippen molar-refractivity contribution in [1.82, 2.24) is 4.98 Å². The predicted octanol–water partition coefficient (Wildman–Crippen LogP) is 1.75. The smallest absolute Gasteiger partial charge is 0.311 e. The third-order valence-corrected chi connectivity index (χ3v) is 2.17. The molecule has 16 heavy (non-hydrogen) atoms. The molecule has 0 aromatic carbocycles. The summed E-state index contributed by atoms with van der Waals surface area (Å²) >= 11 is 0. The molecular formula is C10H15N3O3. The largest absolute Gasteiger partial charge is 0.380 e. The summed E-state index contributed by atoms with van der Waals surface area (Å²) in [4.78, 5) is 14.4. The van der Waals surface area contributed by atoms with Crippen LogP contribution in [0.15, 0.2) is 12.1 Å². The second-order valence-corrected chi connectivity index (χ2v) is 3.50. The molecule has 6 nitrogen and oxygen atoms in total. The minimum atomic E-state index is -0.452. The van der Waals surface area contributed by atoms with Crippen LogP contribution in [0, 0.1) is 17.0 Å². The van der Waals surface area contributed by atoms with Crippen LogP contribution >= 0.6 is 0 Å². The molecule has 0 amide bonds. The standard InChI is InChI=1S/C10H15N3O3/c1-7-4-5-9(13(14)15)10(12-7)11-6-8(2)16-3/h4-5,8H,6H2,1-3H3,(H,11,12). The first-order chi connectivity index (χ1) is 7.54. The summed E-state index contributed by atoms with van der Waals surface area (Å²) < 4.78 is 5.04. The zero-order chi connectivity index (χ0) is 12.1. The molecule has 0 spiro atoms. The quantitative estimate of drug-likeness (QED) is 0.610. The van der Waals surface area contributed by atoms with Gasteiger partial charge >= 0.3 is 5.69 Å².